The first-order valence-corrected chi connectivity index (χ1v) is 7.37. The molecule has 0 bridgehead atoms. The highest BCUT2D eigenvalue weighted by molar-refractivity contribution is 5.94. The number of amides is 1. The zero-order chi connectivity index (χ0) is 17.0. The molecule has 0 aliphatic rings. The molecule has 0 radical (unpaired) electrons. The van der Waals surface area contributed by atoms with Gasteiger partial charge in [0.15, 0.2) is 0 Å². The lowest BCUT2D eigenvalue weighted by Crippen LogP contribution is -2.34. The lowest BCUT2D eigenvalue weighted by atomic mass is 10.0. The molecule has 1 amide bonds. The van der Waals surface area contributed by atoms with E-state index in [1.165, 1.54) is 36.4 Å². The fourth-order valence-corrected chi connectivity index (χ4v) is 2.33. The predicted octanol–water partition coefficient (Wildman–Crippen LogP) is 3.52. The average molecular weight is 319 g/mol. The number of benzene rings is 2. The second kappa shape index (κ2) is 7.33. The minimum atomic E-state index is -0.840. The summed E-state index contributed by atoms with van der Waals surface area (Å²) in [6, 6.07) is 9.48. The molecule has 122 valence electrons. The van der Waals surface area contributed by atoms with E-state index in [0.29, 0.717) is 5.56 Å². The van der Waals surface area contributed by atoms with Crippen LogP contribution in [0.2, 0.25) is 0 Å². The highest BCUT2D eigenvalue weighted by atomic mass is 19.1. The lowest BCUT2D eigenvalue weighted by Gasteiger charge is -2.18. The molecule has 0 fully saturated rings. The molecule has 5 heteroatoms. The van der Waals surface area contributed by atoms with Gasteiger partial charge < -0.3 is 10.4 Å². The van der Waals surface area contributed by atoms with Crippen molar-refractivity contribution < 1.29 is 18.7 Å². The Morgan fingerprint density at radius 2 is 1.83 bits per heavy atom. The number of carbonyl (C=O) groups is 1. The lowest BCUT2D eigenvalue weighted by molar-refractivity contribution is 0.0913. The Hall–Kier alpha value is -2.27. The molecular formula is C18H19F2NO2. The molecule has 0 aromatic heterocycles. The van der Waals surface area contributed by atoms with Crippen molar-refractivity contribution in [2.75, 3.05) is 0 Å². The van der Waals surface area contributed by atoms with Crippen LogP contribution in [0.15, 0.2) is 42.5 Å². The van der Waals surface area contributed by atoms with Gasteiger partial charge in [-0.1, -0.05) is 23.8 Å². The monoisotopic (exact) mass is 319 g/mol. The highest BCUT2D eigenvalue weighted by Crippen LogP contribution is 2.19. The van der Waals surface area contributed by atoms with Gasteiger partial charge in [-0.2, -0.15) is 0 Å². The zero-order valence-corrected chi connectivity index (χ0v) is 13.0. The van der Waals surface area contributed by atoms with Crippen molar-refractivity contribution in [2.45, 2.75) is 32.4 Å². The van der Waals surface area contributed by atoms with E-state index < -0.39 is 17.8 Å². The van der Waals surface area contributed by atoms with Crippen molar-refractivity contribution in [2.24, 2.45) is 0 Å². The summed E-state index contributed by atoms with van der Waals surface area (Å²) in [4.78, 5) is 12.1. The van der Waals surface area contributed by atoms with E-state index >= 15 is 0 Å². The number of aliphatic hydroxyl groups is 1. The van der Waals surface area contributed by atoms with Gasteiger partial charge in [-0.3, -0.25) is 4.79 Å². The standard InChI is InChI=1S/C18H19F2NO2/c1-11-3-8-16(20)15(9-11)18(23)21-12(2)10-17(22)13-4-6-14(19)7-5-13/h3-9,12,17,22H,10H2,1-2H3,(H,21,23). The molecule has 0 heterocycles. The van der Waals surface area contributed by atoms with Crippen LogP contribution in [0.1, 0.15) is 40.9 Å². The van der Waals surface area contributed by atoms with Crippen molar-refractivity contribution in [3.8, 4) is 0 Å². The fourth-order valence-electron chi connectivity index (χ4n) is 2.33. The quantitative estimate of drug-likeness (QED) is 0.886. The molecule has 2 atom stereocenters. The number of rotatable bonds is 5. The molecule has 2 unspecified atom stereocenters. The summed E-state index contributed by atoms with van der Waals surface area (Å²) in [7, 11) is 0. The van der Waals surface area contributed by atoms with Crippen LogP contribution < -0.4 is 5.32 Å². The Morgan fingerprint density at radius 1 is 1.17 bits per heavy atom. The number of carbonyl (C=O) groups excluding carboxylic acids is 1. The third kappa shape index (κ3) is 4.60. The number of aliphatic hydroxyl groups excluding tert-OH is 1. The van der Waals surface area contributed by atoms with E-state index in [-0.39, 0.29) is 23.8 Å². The summed E-state index contributed by atoms with van der Waals surface area (Å²) in [5, 5.41) is 12.8. The van der Waals surface area contributed by atoms with E-state index in [1.807, 2.05) is 0 Å². The van der Waals surface area contributed by atoms with Gasteiger partial charge in [0.25, 0.3) is 5.91 Å². The number of halogens is 2. The Kier molecular flexibility index (Phi) is 5.45. The minimum Gasteiger partial charge on any atom is -0.388 e. The van der Waals surface area contributed by atoms with Gasteiger partial charge in [-0.05, 0) is 50.1 Å². The van der Waals surface area contributed by atoms with Gasteiger partial charge in [-0.15, -0.1) is 0 Å². The summed E-state index contributed by atoms with van der Waals surface area (Å²) in [6.45, 7) is 3.50. The van der Waals surface area contributed by atoms with Crippen LogP contribution in [0.5, 0.6) is 0 Å². The molecule has 3 nitrogen and oxygen atoms in total. The molecule has 0 saturated heterocycles. The van der Waals surface area contributed by atoms with Crippen LogP contribution in [-0.4, -0.2) is 17.1 Å². The van der Waals surface area contributed by atoms with E-state index in [0.717, 1.165) is 5.56 Å². The van der Waals surface area contributed by atoms with Crippen molar-refractivity contribution in [3.05, 3.63) is 70.8 Å². The third-order valence-corrected chi connectivity index (χ3v) is 3.58. The summed E-state index contributed by atoms with van der Waals surface area (Å²) in [5.74, 6) is -1.48. The van der Waals surface area contributed by atoms with Crippen LogP contribution >= 0.6 is 0 Å². The van der Waals surface area contributed by atoms with E-state index in [9.17, 15) is 18.7 Å². The van der Waals surface area contributed by atoms with Crippen molar-refractivity contribution in [1.82, 2.24) is 5.32 Å². The first kappa shape index (κ1) is 17.1. The Morgan fingerprint density at radius 3 is 2.48 bits per heavy atom. The topological polar surface area (TPSA) is 49.3 Å². The largest absolute Gasteiger partial charge is 0.388 e. The maximum absolute atomic E-state index is 13.7. The number of hydrogen-bond acceptors (Lipinski definition) is 2. The van der Waals surface area contributed by atoms with Crippen molar-refractivity contribution in [3.63, 3.8) is 0 Å². The maximum Gasteiger partial charge on any atom is 0.254 e. The Labute approximate surface area is 134 Å². The van der Waals surface area contributed by atoms with E-state index in [1.54, 1.807) is 19.9 Å². The first-order chi connectivity index (χ1) is 10.9. The number of nitrogens with one attached hydrogen (secondary N) is 1. The molecule has 0 saturated carbocycles. The highest BCUT2D eigenvalue weighted by Gasteiger charge is 2.17. The molecule has 2 aromatic carbocycles. The maximum atomic E-state index is 13.7. The van der Waals surface area contributed by atoms with Gasteiger partial charge in [0.1, 0.15) is 11.6 Å². The molecule has 2 aromatic rings. The van der Waals surface area contributed by atoms with Gasteiger partial charge in [0.05, 0.1) is 11.7 Å². The van der Waals surface area contributed by atoms with Gasteiger partial charge >= 0.3 is 0 Å². The molecule has 0 aliphatic carbocycles. The normalized spacial score (nSPS) is 13.4. The predicted molar refractivity (Wildman–Crippen MR) is 84.0 cm³/mol. The van der Waals surface area contributed by atoms with E-state index in [2.05, 4.69) is 5.32 Å². The molecule has 2 N–H and O–H groups in total. The molecule has 23 heavy (non-hydrogen) atoms. The first-order valence-electron chi connectivity index (χ1n) is 7.37. The molecule has 0 spiro atoms. The zero-order valence-electron chi connectivity index (χ0n) is 13.0. The van der Waals surface area contributed by atoms with Crippen LogP contribution in [0, 0.1) is 18.6 Å². The van der Waals surface area contributed by atoms with Gasteiger partial charge in [-0.25, -0.2) is 8.78 Å². The van der Waals surface area contributed by atoms with Crippen LogP contribution in [0.4, 0.5) is 8.78 Å². The van der Waals surface area contributed by atoms with E-state index in [4.69, 9.17) is 0 Å². The summed E-state index contributed by atoms with van der Waals surface area (Å²) in [5.41, 5.74) is 1.33. The SMILES string of the molecule is Cc1ccc(F)c(C(=O)NC(C)CC(O)c2ccc(F)cc2)c1. The van der Waals surface area contributed by atoms with Crippen molar-refractivity contribution in [1.29, 1.82) is 0 Å². The van der Waals surface area contributed by atoms with Gasteiger partial charge in [0, 0.05) is 6.04 Å². The number of hydrogen-bond donors (Lipinski definition) is 2. The third-order valence-electron chi connectivity index (χ3n) is 3.58. The number of aryl methyl sites for hydroxylation is 1. The fraction of sp³-hybridized carbons (Fsp3) is 0.278. The van der Waals surface area contributed by atoms with Crippen LogP contribution in [0.3, 0.4) is 0 Å². The second-order valence-corrected chi connectivity index (χ2v) is 5.66. The van der Waals surface area contributed by atoms with Crippen molar-refractivity contribution >= 4 is 5.91 Å². The Balaban J connectivity index is 1.98. The Bertz CT molecular complexity index is 686. The van der Waals surface area contributed by atoms with Gasteiger partial charge in [0.2, 0.25) is 0 Å². The molecule has 0 aliphatic heterocycles. The average Bonchev–Trinajstić information content (AvgIpc) is 2.50. The van der Waals surface area contributed by atoms with Crippen LogP contribution in [-0.2, 0) is 0 Å². The summed E-state index contributed by atoms with van der Waals surface area (Å²) < 4.78 is 26.6. The summed E-state index contributed by atoms with van der Waals surface area (Å²) in [6.07, 6.45) is -0.599. The smallest absolute Gasteiger partial charge is 0.254 e. The summed E-state index contributed by atoms with van der Waals surface area (Å²) >= 11 is 0. The van der Waals surface area contributed by atoms with Crippen LogP contribution in [0.25, 0.3) is 0 Å². The second-order valence-electron chi connectivity index (χ2n) is 5.66. The molecule has 2 rings (SSSR count). The minimum absolute atomic E-state index is 0.0203. The molecular weight excluding hydrogens is 300 g/mol.